The second-order valence-electron chi connectivity index (χ2n) is 3.33. The molecule has 1 heterocycles. The average molecular weight is 275 g/mol. The van der Waals surface area contributed by atoms with Gasteiger partial charge < -0.3 is 0 Å². The van der Waals surface area contributed by atoms with Crippen molar-refractivity contribution in [3.63, 3.8) is 0 Å². The van der Waals surface area contributed by atoms with Crippen molar-refractivity contribution in [2.24, 2.45) is 0 Å². The van der Waals surface area contributed by atoms with E-state index in [1.807, 2.05) is 0 Å². The van der Waals surface area contributed by atoms with E-state index in [4.69, 9.17) is 0 Å². The maximum Gasteiger partial charge on any atom is 0.209 e. The highest BCUT2D eigenvalue weighted by atomic mass is 32.2. The zero-order valence-electron chi connectivity index (χ0n) is 8.43. The van der Waals surface area contributed by atoms with Gasteiger partial charge >= 0.3 is 0 Å². The molecule has 2 rings (SSSR count). The summed E-state index contributed by atoms with van der Waals surface area (Å²) < 4.78 is 49.3. The molecule has 0 aliphatic carbocycles. The fourth-order valence-electron chi connectivity index (χ4n) is 1.34. The summed E-state index contributed by atoms with van der Waals surface area (Å²) in [5, 5.41) is 1.53. The molecule has 90 valence electrons. The maximum atomic E-state index is 12.9. The number of hydrogen-bond donors (Lipinski definition) is 0. The van der Waals surface area contributed by atoms with Crippen LogP contribution in [0.4, 0.5) is 8.78 Å². The van der Waals surface area contributed by atoms with Crippen LogP contribution in [0.15, 0.2) is 34.1 Å². The van der Waals surface area contributed by atoms with E-state index in [0.717, 1.165) is 23.5 Å². The monoisotopic (exact) mass is 275 g/mol. The van der Waals surface area contributed by atoms with Crippen molar-refractivity contribution in [3.8, 4) is 0 Å². The van der Waals surface area contributed by atoms with Gasteiger partial charge in [-0.1, -0.05) is 0 Å². The van der Waals surface area contributed by atoms with Crippen LogP contribution < -0.4 is 0 Å². The summed E-state index contributed by atoms with van der Waals surface area (Å²) in [5.74, 6) is -2.06. The Kier molecular flexibility index (Phi) is 3.21. The highest BCUT2D eigenvalue weighted by molar-refractivity contribution is 7.92. The van der Waals surface area contributed by atoms with Crippen molar-refractivity contribution in [2.75, 3.05) is 0 Å². The number of halogens is 2. The van der Waals surface area contributed by atoms with Crippen molar-refractivity contribution in [1.29, 1.82) is 0 Å². The predicted octanol–water partition coefficient (Wildman–Crippen LogP) is 2.40. The summed E-state index contributed by atoms with van der Waals surface area (Å²) in [6, 6.07) is 2.68. The van der Waals surface area contributed by atoms with Crippen LogP contribution in [0.3, 0.4) is 0 Å². The fourth-order valence-corrected chi connectivity index (χ4v) is 3.58. The zero-order valence-corrected chi connectivity index (χ0v) is 10.1. The lowest BCUT2D eigenvalue weighted by Gasteiger charge is -2.02. The molecule has 0 aliphatic heterocycles. The van der Waals surface area contributed by atoms with Crippen LogP contribution in [0.5, 0.6) is 0 Å². The van der Waals surface area contributed by atoms with Crippen molar-refractivity contribution in [1.82, 2.24) is 4.98 Å². The normalized spacial score (nSPS) is 11.6. The number of hydrogen-bond acceptors (Lipinski definition) is 4. The van der Waals surface area contributed by atoms with Crippen molar-refractivity contribution in [3.05, 3.63) is 47.0 Å². The molecule has 0 N–H and O–H groups in total. The first-order chi connectivity index (χ1) is 7.97. The number of nitrogens with zero attached hydrogens (tertiary/aromatic N) is 1. The minimum atomic E-state index is -3.63. The molecule has 0 unspecified atom stereocenters. The van der Waals surface area contributed by atoms with Gasteiger partial charge in [-0.15, -0.1) is 11.3 Å². The molecule has 3 nitrogen and oxygen atoms in total. The van der Waals surface area contributed by atoms with Gasteiger partial charge in [0, 0.05) is 17.6 Å². The van der Waals surface area contributed by atoms with E-state index in [-0.39, 0.29) is 9.90 Å². The lowest BCUT2D eigenvalue weighted by Crippen LogP contribution is -2.05. The second kappa shape index (κ2) is 4.50. The number of benzene rings is 1. The van der Waals surface area contributed by atoms with Gasteiger partial charge in [0.15, 0.2) is 0 Å². The topological polar surface area (TPSA) is 47.0 Å². The standard InChI is InChI=1S/C10H7F2NO2S2/c11-8-3-7(4-9(12)5-8)6-17(14,15)10-13-1-2-16-10/h1-5H,6H2. The highest BCUT2D eigenvalue weighted by Crippen LogP contribution is 2.19. The van der Waals surface area contributed by atoms with Gasteiger partial charge in [0.2, 0.25) is 14.2 Å². The molecular formula is C10H7F2NO2S2. The number of thiazole rings is 1. The first kappa shape index (κ1) is 12.1. The Bertz CT molecular complexity index is 604. The van der Waals surface area contributed by atoms with Crippen LogP contribution in [0.1, 0.15) is 5.56 Å². The summed E-state index contributed by atoms with van der Waals surface area (Å²) in [6.07, 6.45) is 1.36. The van der Waals surface area contributed by atoms with Gasteiger partial charge in [0.05, 0.1) is 5.75 Å². The Morgan fingerprint density at radius 2 is 1.82 bits per heavy atom. The smallest absolute Gasteiger partial charge is 0.209 e. The SMILES string of the molecule is O=S(=O)(Cc1cc(F)cc(F)c1)c1nccs1. The van der Waals surface area contributed by atoms with E-state index >= 15 is 0 Å². The molecular weight excluding hydrogens is 268 g/mol. The molecule has 0 amide bonds. The first-order valence-electron chi connectivity index (χ1n) is 4.54. The van der Waals surface area contributed by atoms with Gasteiger partial charge in [-0.3, -0.25) is 0 Å². The number of sulfone groups is 1. The minimum Gasteiger partial charge on any atom is -0.234 e. The van der Waals surface area contributed by atoms with Gasteiger partial charge in [0.25, 0.3) is 0 Å². The Morgan fingerprint density at radius 3 is 2.35 bits per heavy atom. The van der Waals surface area contributed by atoms with Crippen LogP contribution in [0, 0.1) is 11.6 Å². The van der Waals surface area contributed by atoms with Gasteiger partial charge in [0.1, 0.15) is 11.6 Å². The minimum absolute atomic E-state index is 0.0535. The van der Waals surface area contributed by atoms with Gasteiger partial charge in [-0.2, -0.15) is 0 Å². The molecule has 1 aromatic heterocycles. The van der Waals surface area contributed by atoms with Crippen molar-refractivity contribution < 1.29 is 17.2 Å². The molecule has 1 aromatic carbocycles. The summed E-state index contributed by atoms with van der Waals surface area (Å²) in [4.78, 5) is 3.67. The van der Waals surface area contributed by atoms with Crippen LogP contribution >= 0.6 is 11.3 Å². The quantitative estimate of drug-likeness (QED) is 0.864. The molecule has 7 heteroatoms. The van der Waals surface area contributed by atoms with Crippen molar-refractivity contribution >= 4 is 21.2 Å². The lowest BCUT2D eigenvalue weighted by molar-refractivity contribution is 0.579. The molecule has 0 atom stereocenters. The molecule has 0 fully saturated rings. The largest absolute Gasteiger partial charge is 0.234 e. The summed E-state index contributed by atoms with van der Waals surface area (Å²) in [5.41, 5.74) is 0.0673. The molecule has 0 aliphatic rings. The van der Waals surface area contributed by atoms with Crippen LogP contribution in [-0.4, -0.2) is 13.4 Å². The maximum absolute atomic E-state index is 12.9. The zero-order chi connectivity index (χ0) is 12.5. The fraction of sp³-hybridized carbons (Fsp3) is 0.100. The molecule has 0 radical (unpaired) electrons. The number of aromatic nitrogens is 1. The van der Waals surface area contributed by atoms with Crippen LogP contribution in [0.25, 0.3) is 0 Å². The Hall–Kier alpha value is -1.34. The molecule has 0 saturated carbocycles. The second-order valence-corrected chi connectivity index (χ2v) is 6.39. The molecule has 0 saturated heterocycles. The molecule has 2 aromatic rings. The third-order valence-corrected chi connectivity index (χ3v) is 4.92. The Balaban J connectivity index is 2.33. The summed E-state index contributed by atoms with van der Waals surface area (Å²) in [7, 11) is -3.63. The van der Waals surface area contributed by atoms with E-state index in [2.05, 4.69) is 4.98 Å². The van der Waals surface area contributed by atoms with Gasteiger partial charge in [-0.05, 0) is 17.7 Å². The van der Waals surface area contributed by atoms with Gasteiger partial charge in [-0.25, -0.2) is 22.2 Å². The third kappa shape index (κ3) is 2.86. The van der Waals surface area contributed by atoms with Crippen LogP contribution in [-0.2, 0) is 15.6 Å². The van der Waals surface area contributed by atoms with Crippen LogP contribution in [0.2, 0.25) is 0 Å². The summed E-state index contributed by atoms with van der Waals surface area (Å²) >= 11 is 0.971. The van der Waals surface area contributed by atoms with E-state index < -0.39 is 27.2 Å². The molecule has 17 heavy (non-hydrogen) atoms. The Morgan fingerprint density at radius 1 is 1.18 bits per heavy atom. The average Bonchev–Trinajstić information content (AvgIpc) is 2.67. The van der Waals surface area contributed by atoms with E-state index in [1.54, 1.807) is 0 Å². The highest BCUT2D eigenvalue weighted by Gasteiger charge is 2.18. The molecule has 0 bridgehead atoms. The third-order valence-electron chi connectivity index (χ3n) is 1.95. The van der Waals surface area contributed by atoms with E-state index in [9.17, 15) is 17.2 Å². The Labute approximate surface area is 101 Å². The first-order valence-corrected chi connectivity index (χ1v) is 7.08. The molecule has 0 spiro atoms. The predicted molar refractivity (Wildman–Crippen MR) is 59.4 cm³/mol. The lowest BCUT2D eigenvalue weighted by atomic mass is 10.2. The van der Waals surface area contributed by atoms with E-state index in [0.29, 0.717) is 6.07 Å². The number of rotatable bonds is 3. The summed E-state index contributed by atoms with van der Waals surface area (Å²) in [6.45, 7) is 0. The van der Waals surface area contributed by atoms with Crippen molar-refractivity contribution in [2.45, 2.75) is 10.1 Å². The van der Waals surface area contributed by atoms with E-state index in [1.165, 1.54) is 11.6 Å².